The van der Waals surface area contributed by atoms with Crippen molar-refractivity contribution in [3.8, 4) is 5.75 Å². The van der Waals surface area contributed by atoms with Crippen LogP contribution in [0.3, 0.4) is 0 Å². The van der Waals surface area contributed by atoms with Gasteiger partial charge in [0, 0.05) is 11.0 Å². The Labute approximate surface area is 116 Å². The number of methoxy groups -OCH3 is 1. The van der Waals surface area contributed by atoms with E-state index >= 15 is 0 Å². The smallest absolute Gasteiger partial charge is 0.124 e. The topological polar surface area (TPSA) is 29.5 Å². The van der Waals surface area contributed by atoms with Crippen LogP contribution in [-0.2, 0) is 0 Å². The maximum Gasteiger partial charge on any atom is 0.124 e. The van der Waals surface area contributed by atoms with Gasteiger partial charge in [-0.15, -0.1) is 0 Å². The van der Waals surface area contributed by atoms with Crippen molar-refractivity contribution >= 4 is 0 Å². The van der Waals surface area contributed by atoms with Gasteiger partial charge in [-0.25, -0.2) is 0 Å². The van der Waals surface area contributed by atoms with E-state index in [1.54, 1.807) is 7.11 Å². The monoisotopic (exact) mass is 262 g/mol. The van der Waals surface area contributed by atoms with Gasteiger partial charge < -0.3 is 9.84 Å². The molecule has 1 N–H and O–H groups in total. The molecule has 1 aromatic rings. The summed E-state index contributed by atoms with van der Waals surface area (Å²) >= 11 is 0. The van der Waals surface area contributed by atoms with Crippen molar-refractivity contribution in [3.05, 3.63) is 29.8 Å². The molecule has 0 heterocycles. The van der Waals surface area contributed by atoms with Crippen LogP contribution < -0.4 is 4.74 Å². The zero-order valence-electron chi connectivity index (χ0n) is 12.4. The van der Waals surface area contributed by atoms with E-state index in [0.717, 1.165) is 30.6 Å². The minimum atomic E-state index is -0.409. The molecule has 0 spiro atoms. The first-order valence-electron chi connectivity index (χ1n) is 7.40. The SMILES string of the molecule is COc1ccccc1C(O)C1(CC(C)C)CCCC1. The molecule has 0 aromatic heterocycles. The number of benzene rings is 1. The van der Waals surface area contributed by atoms with E-state index in [9.17, 15) is 5.11 Å². The summed E-state index contributed by atoms with van der Waals surface area (Å²) in [7, 11) is 1.68. The van der Waals surface area contributed by atoms with Gasteiger partial charge in [-0.3, -0.25) is 0 Å². The fourth-order valence-corrected chi connectivity index (χ4v) is 3.70. The molecule has 2 heteroatoms. The maximum atomic E-state index is 11.0. The van der Waals surface area contributed by atoms with Crippen molar-refractivity contribution in [1.82, 2.24) is 0 Å². The van der Waals surface area contributed by atoms with Crippen LogP contribution >= 0.6 is 0 Å². The zero-order chi connectivity index (χ0) is 13.9. The van der Waals surface area contributed by atoms with Crippen molar-refractivity contribution < 1.29 is 9.84 Å². The molecule has 1 atom stereocenters. The summed E-state index contributed by atoms with van der Waals surface area (Å²) in [6, 6.07) is 7.89. The molecule has 1 aliphatic carbocycles. The summed E-state index contributed by atoms with van der Waals surface area (Å²) in [5.74, 6) is 1.42. The Morgan fingerprint density at radius 3 is 2.42 bits per heavy atom. The summed E-state index contributed by atoms with van der Waals surface area (Å²) in [5, 5.41) is 11.0. The standard InChI is InChI=1S/C17H26O2/c1-13(2)12-17(10-6-7-11-17)16(18)14-8-4-5-9-15(14)19-3/h4-5,8-9,13,16,18H,6-7,10-12H2,1-3H3. The summed E-state index contributed by atoms with van der Waals surface area (Å²) < 4.78 is 5.42. The third-order valence-corrected chi connectivity index (χ3v) is 4.43. The number of hydrogen-bond acceptors (Lipinski definition) is 2. The van der Waals surface area contributed by atoms with Gasteiger partial charge in [0.25, 0.3) is 0 Å². The van der Waals surface area contributed by atoms with Crippen molar-refractivity contribution in [2.75, 3.05) is 7.11 Å². The molecule has 1 aliphatic rings. The number of aliphatic hydroxyl groups is 1. The Morgan fingerprint density at radius 2 is 1.84 bits per heavy atom. The molecule has 106 valence electrons. The second-order valence-electron chi connectivity index (χ2n) is 6.31. The van der Waals surface area contributed by atoms with Crippen molar-refractivity contribution in [3.63, 3.8) is 0 Å². The molecule has 1 fully saturated rings. The number of rotatable bonds is 5. The van der Waals surface area contributed by atoms with Gasteiger partial charge in [-0.1, -0.05) is 44.9 Å². The summed E-state index contributed by atoms with van der Waals surface area (Å²) in [4.78, 5) is 0. The fraction of sp³-hybridized carbons (Fsp3) is 0.647. The highest BCUT2D eigenvalue weighted by Crippen LogP contribution is 2.52. The van der Waals surface area contributed by atoms with Gasteiger partial charge >= 0.3 is 0 Å². The number of ether oxygens (including phenoxy) is 1. The molecule has 2 nitrogen and oxygen atoms in total. The Morgan fingerprint density at radius 1 is 1.21 bits per heavy atom. The van der Waals surface area contributed by atoms with Crippen LogP contribution in [0.4, 0.5) is 0 Å². The number of hydrogen-bond donors (Lipinski definition) is 1. The van der Waals surface area contributed by atoms with Gasteiger partial charge in [-0.05, 0) is 31.2 Å². The van der Waals surface area contributed by atoms with E-state index in [0.29, 0.717) is 5.92 Å². The van der Waals surface area contributed by atoms with Crippen molar-refractivity contribution in [2.24, 2.45) is 11.3 Å². The molecule has 1 aromatic carbocycles. The molecular formula is C17H26O2. The molecule has 0 amide bonds. The lowest BCUT2D eigenvalue weighted by atomic mass is 9.72. The highest BCUT2D eigenvalue weighted by Gasteiger charge is 2.42. The number of para-hydroxylation sites is 1. The largest absolute Gasteiger partial charge is 0.496 e. The molecule has 1 saturated carbocycles. The lowest BCUT2D eigenvalue weighted by Gasteiger charge is -2.36. The molecule has 0 aliphatic heterocycles. The van der Waals surface area contributed by atoms with Crippen LogP contribution in [0.15, 0.2) is 24.3 Å². The average Bonchev–Trinajstić information content (AvgIpc) is 2.86. The minimum Gasteiger partial charge on any atom is -0.496 e. The fourth-order valence-electron chi connectivity index (χ4n) is 3.70. The molecule has 0 bridgehead atoms. The first-order chi connectivity index (χ1) is 9.09. The predicted molar refractivity (Wildman–Crippen MR) is 78.3 cm³/mol. The molecule has 1 unspecified atom stereocenters. The van der Waals surface area contributed by atoms with E-state index < -0.39 is 6.10 Å². The van der Waals surface area contributed by atoms with Gasteiger partial charge in [0.05, 0.1) is 13.2 Å². The summed E-state index contributed by atoms with van der Waals surface area (Å²) in [5.41, 5.74) is 0.996. The first kappa shape index (κ1) is 14.4. The third-order valence-electron chi connectivity index (χ3n) is 4.43. The van der Waals surface area contributed by atoms with Gasteiger partial charge in [-0.2, -0.15) is 0 Å². The van der Waals surface area contributed by atoms with Crippen molar-refractivity contribution in [2.45, 2.75) is 52.1 Å². The van der Waals surface area contributed by atoms with Crippen LogP contribution in [-0.4, -0.2) is 12.2 Å². The minimum absolute atomic E-state index is 0.0444. The van der Waals surface area contributed by atoms with E-state index in [-0.39, 0.29) is 5.41 Å². The van der Waals surface area contributed by atoms with Crippen LogP contribution in [0, 0.1) is 11.3 Å². The third kappa shape index (κ3) is 2.94. The van der Waals surface area contributed by atoms with Gasteiger partial charge in [0.1, 0.15) is 5.75 Å². The lowest BCUT2D eigenvalue weighted by molar-refractivity contribution is 0.00964. The Bertz CT molecular complexity index is 405. The van der Waals surface area contributed by atoms with Gasteiger partial charge in [0.15, 0.2) is 0 Å². The first-order valence-corrected chi connectivity index (χ1v) is 7.40. The molecular weight excluding hydrogens is 236 g/mol. The van der Waals surface area contributed by atoms with Crippen LogP contribution in [0.1, 0.15) is 57.6 Å². The Kier molecular flexibility index (Phi) is 4.51. The molecule has 2 rings (SSSR count). The van der Waals surface area contributed by atoms with Crippen LogP contribution in [0.25, 0.3) is 0 Å². The van der Waals surface area contributed by atoms with Crippen molar-refractivity contribution in [1.29, 1.82) is 0 Å². The normalized spacial score (nSPS) is 19.6. The second-order valence-corrected chi connectivity index (χ2v) is 6.31. The summed E-state index contributed by atoms with van der Waals surface area (Å²) in [6.07, 6.45) is 5.41. The zero-order valence-corrected chi connectivity index (χ0v) is 12.4. The summed E-state index contributed by atoms with van der Waals surface area (Å²) in [6.45, 7) is 4.49. The Hall–Kier alpha value is -1.02. The van der Waals surface area contributed by atoms with Crippen LogP contribution in [0.5, 0.6) is 5.75 Å². The Balaban J connectivity index is 2.31. The average molecular weight is 262 g/mol. The highest BCUT2D eigenvalue weighted by molar-refractivity contribution is 5.36. The van der Waals surface area contributed by atoms with E-state index in [1.807, 2.05) is 24.3 Å². The van der Waals surface area contributed by atoms with Gasteiger partial charge in [0.2, 0.25) is 0 Å². The van der Waals surface area contributed by atoms with E-state index in [2.05, 4.69) is 13.8 Å². The lowest BCUT2D eigenvalue weighted by Crippen LogP contribution is -2.28. The van der Waals surface area contributed by atoms with Crippen LogP contribution in [0.2, 0.25) is 0 Å². The maximum absolute atomic E-state index is 11.0. The predicted octanol–water partition coefficient (Wildman–Crippen LogP) is 4.34. The van der Waals surface area contributed by atoms with E-state index in [1.165, 1.54) is 12.8 Å². The molecule has 19 heavy (non-hydrogen) atoms. The molecule has 0 radical (unpaired) electrons. The number of aliphatic hydroxyl groups excluding tert-OH is 1. The van der Waals surface area contributed by atoms with E-state index in [4.69, 9.17) is 4.74 Å². The highest BCUT2D eigenvalue weighted by atomic mass is 16.5. The second kappa shape index (κ2) is 5.96. The molecule has 0 saturated heterocycles. The quantitative estimate of drug-likeness (QED) is 0.855.